The number of nitrogens with one attached hydrogen (secondary N) is 1. The first-order chi connectivity index (χ1) is 7.42. The van der Waals surface area contributed by atoms with Gasteiger partial charge in [0.2, 0.25) is 0 Å². The zero-order valence-electron chi connectivity index (χ0n) is 10.7. The highest BCUT2D eigenvalue weighted by atomic mass is 16.7. The predicted molar refractivity (Wildman–Crippen MR) is 61.3 cm³/mol. The van der Waals surface area contributed by atoms with Crippen LogP contribution in [-0.4, -0.2) is 43.7 Å². The molecule has 0 radical (unpaired) electrons. The maximum Gasteiger partial charge on any atom is 0.320 e. The van der Waals surface area contributed by atoms with E-state index in [4.69, 9.17) is 14.6 Å². The highest BCUT2D eigenvalue weighted by Gasteiger charge is 2.24. The van der Waals surface area contributed by atoms with Gasteiger partial charge in [-0.1, -0.05) is 13.8 Å². The molecule has 16 heavy (non-hydrogen) atoms. The lowest BCUT2D eigenvalue weighted by Gasteiger charge is -2.26. The van der Waals surface area contributed by atoms with Crippen LogP contribution in [-0.2, 0) is 14.3 Å². The van der Waals surface area contributed by atoms with Crippen LogP contribution in [0.1, 0.15) is 27.2 Å². The molecule has 0 fully saturated rings. The fourth-order valence-electron chi connectivity index (χ4n) is 1.61. The molecule has 0 aromatic carbocycles. The molecule has 0 heterocycles. The van der Waals surface area contributed by atoms with Gasteiger partial charge >= 0.3 is 5.97 Å². The molecule has 2 N–H and O–H groups in total. The quantitative estimate of drug-likeness (QED) is 0.614. The van der Waals surface area contributed by atoms with Crippen molar-refractivity contribution in [3.8, 4) is 0 Å². The van der Waals surface area contributed by atoms with Crippen molar-refractivity contribution in [3.05, 3.63) is 0 Å². The van der Waals surface area contributed by atoms with Crippen LogP contribution >= 0.6 is 0 Å². The maximum absolute atomic E-state index is 11.0. The zero-order chi connectivity index (χ0) is 12.7. The van der Waals surface area contributed by atoms with E-state index < -0.39 is 18.3 Å². The topological polar surface area (TPSA) is 67.8 Å². The van der Waals surface area contributed by atoms with Crippen LogP contribution in [0.5, 0.6) is 0 Å². The van der Waals surface area contributed by atoms with E-state index >= 15 is 0 Å². The summed E-state index contributed by atoms with van der Waals surface area (Å²) in [5.41, 5.74) is 0. The Balaban J connectivity index is 4.32. The Morgan fingerprint density at radius 2 is 1.75 bits per heavy atom. The smallest absolute Gasteiger partial charge is 0.320 e. The average Bonchev–Trinajstić information content (AvgIpc) is 2.17. The molecule has 0 aromatic heterocycles. The normalized spacial score (nSPS) is 15.4. The van der Waals surface area contributed by atoms with E-state index in [2.05, 4.69) is 5.32 Å². The van der Waals surface area contributed by atoms with Gasteiger partial charge in [0.25, 0.3) is 0 Å². The molecule has 96 valence electrons. The van der Waals surface area contributed by atoms with Gasteiger partial charge in [0.15, 0.2) is 6.29 Å². The van der Waals surface area contributed by atoms with Gasteiger partial charge in [-0.15, -0.1) is 0 Å². The molecule has 0 aromatic rings. The molecule has 0 bridgehead atoms. The molecule has 5 nitrogen and oxygen atoms in total. The Morgan fingerprint density at radius 1 is 1.25 bits per heavy atom. The van der Waals surface area contributed by atoms with Crippen molar-refractivity contribution in [3.63, 3.8) is 0 Å². The number of carbonyl (C=O) groups is 1. The summed E-state index contributed by atoms with van der Waals surface area (Å²) in [6.45, 7) is 5.83. The number of rotatable bonds is 8. The zero-order valence-corrected chi connectivity index (χ0v) is 10.7. The van der Waals surface area contributed by atoms with Crippen molar-refractivity contribution in [2.45, 2.75) is 45.6 Å². The summed E-state index contributed by atoms with van der Waals surface area (Å²) in [6, 6.07) is -0.738. The van der Waals surface area contributed by atoms with Gasteiger partial charge in [0.05, 0.1) is 6.04 Å². The molecular formula is C11H23NO4. The van der Waals surface area contributed by atoms with E-state index in [1.54, 1.807) is 0 Å². The van der Waals surface area contributed by atoms with Crippen LogP contribution in [0.15, 0.2) is 0 Å². The predicted octanol–water partition coefficient (Wildman–Crippen LogP) is 1.08. The highest BCUT2D eigenvalue weighted by molar-refractivity contribution is 5.73. The van der Waals surface area contributed by atoms with Crippen molar-refractivity contribution in [2.75, 3.05) is 14.2 Å². The Hall–Kier alpha value is -0.650. The lowest BCUT2D eigenvalue weighted by Crippen LogP contribution is -2.48. The van der Waals surface area contributed by atoms with Crippen LogP contribution in [0, 0.1) is 5.92 Å². The number of hydrogen-bond donors (Lipinski definition) is 2. The van der Waals surface area contributed by atoms with Gasteiger partial charge in [-0.25, -0.2) is 0 Å². The first kappa shape index (κ1) is 15.3. The van der Waals surface area contributed by atoms with E-state index in [0.717, 1.165) is 0 Å². The van der Waals surface area contributed by atoms with Gasteiger partial charge in [0.1, 0.15) is 6.04 Å². The molecule has 0 amide bonds. The standard InChI is InChI=1S/C11H23NO4/c1-7(2)6-9(10(13)14)12-8(3)11(15-4)16-5/h7-9,11-12H,6H2,1-5H3,(H,13,14). The number of carboxylic acids is 1. The summed E-state index contributed by atoms with van der Waals surface area (Å²) in [6.07, 6.45) is 0.147. The molecule has 2 atom stereocenters. The largest absolute Gasteiger partial charge is 0.480 e. The number of carboxylic acid groups (broad SMARTS) is 1. The summed E-state index contributed by atoms with van der Waals surface area (Å²) in [7, 11) is 3.06. The average molecular weight is 233 g/mol. The second-order valence-electron chi connectivity index (χ2n) is 4.32. The van der Waals surface area contributed by atoms with Gasteiger partial charge in [0, 0.05) is 14.2 Å². The van der Waals surface area contributed by atoms with Crippen LogP contribution in [0.4, 0.5) is 0 Å². The Bertz CT molecular complexity index is 204. The Labute approximate surface area is 97.1 Å². The van der Waals surface area contributed by atoms with Crippen LogP contribution < -0.4 is 5.32 Å². The molecule has 0 aliphatic rings. The molecule has 0 spiro atoms. The van der Waals surface area contributed by atoms with Crippen molar-refractivity contribution < 1.29 is 19.4 Å². The summed E-state index contributed by atoms with van der Waals surface area (Å²) >= 11 is 0. The molecule has 5 heteroatoms. The molecular weight excluding hydrogens is 210 g/mol. The van der Waals surface area contributed by atoms with Crippen LogP contribution in [0.25, 0.3) is 0 Å². The first-order valence-electron chi connectivity index (χ1n) is 5.46. The molecule has 0 saturated carbocycles. The van der Waals surface area contributed by atoms with Crippen molar-refractivity contribution in [1.82, 2.24) is 5.32 Å². The third-order valence-electron chi connectivity index (χ3n) is 2.34. The van der Waals surface area contributed by atoms with E-state index in [-0.39, 0.29) is 6.04 Å². The Morgan fingerprint density at radius 3 is 2.06 bits per heavy atom. The van der Waals surface area contributed by atoms with E-state index in [0.29, 0.717) is 12.3 Å². The molecule has 0 saturated heterocycles. The first-order valence-corrected chi connectivity index (χ1v) is 5.46. The highest BCUT2D eigenvalue weighted by Crippen LogP contribution is 2.08. The summed E-state index contributed by atoms with van der Waals surface area (Å²) in [4.78, 5) is 11.0. The van der Waals surface area contributed by atoms with Gasteiger partial charge < -0.3 is 14.6 Å². The Kier molecular flexibility index (Phi) is 7.29. The number of aliphatic carboxylic acids is 1. The maximum atomic E-state index is 11.0. The molecule has 2 unspecified atom stereocenters. The summed E-state index contributed by atoms with van der Waals surface area (Å²) in [5.74, 6) is -0.518. The second kappa shape index (κ2) is 7.60. The fraction of sp³-hybridized carbons (Fsp3) is 0.909. The van der Waals surface area contributed by atoms with Crippen LogP contribution in [0.2, 0.25) is 0 Å². The molecule has 0 aliphatic heterocycles. The lowest BCUT2D eigenvalue weighted by atomic mass is 10.0. The summed E-state index contributed by atoms with van der Waals surface area (Å²) < 4.78 is 10.1. The van der Waals surface area contributed by atoms with Gasteiger partial charge in [-0.2, -0.15) is 0 Å². The minimum absolute atomic E-state index is 0.171. The van der Waals surface area contributed by atoms with E-state index in [1.165, 1.54) is 14.2 Å². The number of methoxy groups -OCH3 is 2. The minimum atomic E-state index is -0.841. The number of hydrogen-bond acceptors (Lipinski definition) is 4. The van der Waals surface area contributed by atoms with E-state index in [1.807, 2.05) is 20.8 Å². The van der Waals surface area contributed by atoms with Crippen molar-refractivity contribution >= 4 is 5.97 Å². The van der Waals surface area contributed by atoms with Crippen LogP contribution in [0.3, 0.4) is 0 Å². The molecule has 0 rings (SSSR count). The van der Waals surface area contributed by atoms with Gasteiger partial charge in [-0.05, 0) is 19.3 Å². The minimum Gasteiger partial charge on any atom is -0.480 e. The van der Waals surface area contributed by atoms with Crippen molar-refractivity contribution in [2.24, 2.45) is 5.92 Å². The monoisotopic (exact) mass is 233 g/mol. The lowest BCUT2D eigenvalue weighted by molar-refractivity contribution is -0.143. The second-order valence-corrected chi connectivity index (χ2v) is 4.32. The summed E-state index contributed by atoms with van der Waals surface area (Å²) in [5, 5.41) is 12.1. The third-order valence-corrected chi connectivity index (χ3v) is 2.34. The van der Waals surface area contributed by atoms with E-state index in [9.17, 15) is 4.79 Å². The molecule has 0 aliphatic carbocycles. The van der Waals surface area contributed by atoms with Crippen molar-refractivity contribution in [1.29, 1.82) is 0 Å². The van der Waals surface area contributed by atoms with Gasteiger partial charge in [-0.3, -0.25) is 10.1 Å². The SMILES string of the molecule is COC(OC)C(C)NC(CC(C)C)C(=O)O. The third kappa shape index (κ3) is 5.44. The fourth-order valence-corrected chi connectivity index (χ4v) is 1.61. The number of ether oxygens (including phenoxy) is 2.